The normalized spacial score (nSPS) is 12.7. The fourth-order valence-corrected chi connectivity index (χ4v) is 3.97. The molecule has 0 radical (unpaired) electrons. The van der Waals surface area contributed by atoms with E-state index in [2.05, 4.69) is 20.9 Å². The van der Waals surface area contributed by atoms with E-state index in [1.807, 2.05) is 30.5 Å². The van der Waals surface area contributed by atoms with E-state index in [-0.39, 0.29) is 0 Å². The quantitative estimate of drug-likeness (QED) is 0.904. The summed E-state index contributed by atoms with van der Waals surface area (Å²) in [5.74, 6) is 0. The van der Waals surface area contributed by atoms with E-state index in [0.29, 0.717) is 0 Å². The van der Waals surface area contributed by atoms with Gasteiger partial charge in [-0.15, -0.1) is 11.3 Å². The SMILES string of the molecule is Cc1csc(Sc2cc(Br)ccc2C(C)O)n1. The lowest BCUT2D eigenvalue weighted by molar-refractivity contribution is 0.196. The summed E-state index contributed by atoms with van der Waals surface area (Å²) in [5, 5.41) is 11.8. The monoisotopic (exact) mass is 329 g/mol. The Morgan fingerprint density at radius 1 is 1.47 bits per heavy atom. The van der Waals surface area contributed by atoms with Crippen LogP contribution in [0.2, 0.25) is 0 Å². The molecule has 0 aliphatic heterocycles. The maximum atomic E-state index is 9.73. The van der Waals surface area contributed by atoms with E-state index in [1.54, 1.807) is 30.0 Å². The molecule has 1 aromatic carbocycles. The number of aliphatic hydroxyl groups excluding tert-OH is 1. The summed E-state index contributed by atoms with van der Waals surface area (Å²) in [5.41, 5.74) is 1.97. The van der Waals surface area contributed by atoms with E-state index < -0.39 is 6.10 Å². The van der Waals surface area contributed by atoms with Crippen LogP contribution in [0.3, 0.4) is 0 Å². The van der Waals surface area contributed by atoms with Crippen molar-refractivity contribution in [3.05, 3.63) is 39.3 Å². The molecule has 0 spiro atoms. The first-order valence-electron chi connectivity index (χ1n) is 5.14. The Kier molecular flexibility index (Phi) is 4.25. The smallest absolute Gasteiger partial charge is 0.154 e. The van der Waals surface area contributed by atoms with Gasteiger partial charge in [0.1, 0.15) is 0 Å². The Hall–Kier alpha value is -0.360. The van der Waals surface area contributed by atoms with Gasteiger partial charge in [-0.3, -0.25) is 0 Å². The van der Waals surface area contributed by atoms with Gasteiger partial charge in [0.25, 0.3) is 0 Å². The highest BCUT2D eigenvalue weighted by molar-refractivity contribution is 9.10. The first-order chi connectivity index (χ1) is 8.06. The lowest BCUT2D eigenvalue weighted by atomic mass is 10.1. The van der Waals surface area contributed by atoms with Gasteiger partial charge < -0.3 is 5.11 Å². The molecule has 1 aromatic heterocycles. The third kappa shape index (κ3) is 3.31. The summed E-state index contributed by atoms with van der Waals surface area (Å²) in [6.07, 6.45) is -0.466. The van der Waals surface area contributed by atoms with E-state index in [4.69, 9.17) is 0 Å². The van der Waals surface area contributed by atoms with Crippen molar-refractivity contribution in [2.75, 3.05) is 0 Å². The molecule has 1 heterocycles. The minimum atomic E-state index is -0.466. The number of rotatable bonds is 3. The highest BCUT2D eigenvalue weighted by Gasteiger charge is 2.11. The molecule has 1 unspecified atom stereocenters. The number of nitrogens with zero attached hydrogens (tertiary/aromatic N) is 1. The van der Waals surface area contributed by atoms with Gasteiger partial charge in [0.05, 0.1) is 6.10 Å². The van der Waals surface area contributed by atoms with Gasteiger partial charge in [-0.1, -0.05) is 33.8 Å². The summed E-state index contributed by atoms with van der Waals surface area (Å²) in [6.45, 7) is 3.76. The van der Waals surface area contributed by atoms with Crippen molar-refractivity contribution in [2.24, 2.45) is 0 Å². The van der Waals surface area contributed by atoms with Crippen molar-refractivity contribution in [1.82, 2.24) is 4.98 Å². The molecule has 0 bridgehead atoms. The van der Waals surface area contributed by atoms with E-state index in [9.17, 15) is 5.11 Å². The highest BCUT2D eigenvalue weighted by atomic mass is 79.9. The van der Waals surface area contributed by atoms with Gasteiger partial charge in [-0.05, 0) is 31.5 Å². The average Bonchev–Trinajstić information content (AvgIpc) is 2.63. The fourth-order valence-electron chi connectivity index (χ4n) is 1.42. The molecule has 2 rings (SSSR count). The summed E-state index contributed by atoms with van der Waals surface area (Å²) in [4.78, 5) is 5.47. The van der Waals surface area contributed by atoms with Gasteiger partial charge in [-0.2, -0.15) is 0 Å². The summed E-state index contributed by atoms with van der Waals surface area (Å²) < 4.78 is 2.01. The zero-order valence-corrected chi connectivity index (χ0v) is 12.7. The first kappa shape index (κ1) is 13.1. The Balaban J connectivity index is 2.33. The summed E-state index contributed by atoms with van der Waals surface area (Å²) >= 11 is 6.67. The van der Waals surface area contributed by atoms with Crippen LogP contribution in [-0.2, 0) is 0 Å². The Bertz CT molecular complexity index is 525. The average molecular weight is 330 g/mol. The van der Waals surface area contributed by atoms with Crippen molar-refractivity contribution in [2.45, 2.75) is 29.2 Å². The Morgan fingerprint density at radius 2 is 2.24 bits per heavy atom. The van der Waals surface area contributed by atoms with Crippen LogP contribution in [0.5, 0.6) is 0 Å². The van der Waals surface area contributed by atoms with Crippen LogP contribution in [-0.4, -0.2) is 10.1 Å². The zero-order chi connectivity index (χ0) is 12.4. The van der Waals surface area contributed by atoms with E-state index in [1.165, 1.54) is 0 Å². The van der Waals surface area contributed by atoms with Crippen LogP contribution in [0.4, 0.5) is 0 Å². The fraction of sp³-hybridized carbons (Fsp3) is 0.250. The van der Waals surface area contributed by atoms with Crippen molar-refractivity contribution >= 4 is 39.0 Å². The molecule has 1 atom stereocenters. The molecular formula is C12H12BrNOS2. The van der Waals surface area contributed by atoms with Gasteiger partial charge >= 0.3 is 0 Å². The molecule has 2 nitrogen and oxygen atoms in total. The van der Waals surface area contributed by atoms with Crippen LogP contribution < -0.4 is 0 Å². The van der Waals surface area contributed by atoms with Crippen LogP contribution in [0, 0.1) is 6.92 Å². The lowest BCUT2D eigenvalue weighted by Crippen LogP contribution is -1.93. The van der Waals surface area contributed by atoms with E-state index >= 15 is 0 Å². The number of hydrogen-bond acceptors (Lipinski definition) is 4. The van der Waals surface area contributed by atoms with Gasteiger partial charge in [0, 0.05) is 20.4 Å². The van der Waals surface area contributed by atoms with Crippen LogP contribution in [0.25, 0.3) is 0 Å². The molecular weight excluding hydrogens is 318 g/mol. The van der Waals surface area contributed by atoms with E-state index in [0.717, 1.165) is 25.0 Å². The predicted molar refractivity (Wildman–Crippen MR) is 75.7 cm³/mol. The second kappa shape index (κ2) is 5.52. The minimum Gasteiger partial charge on any atom is -0.389 e. The second-order valence-electron chi connectivity index (χ2n) is 3.71. The molecule has 1 N–H and O–H groups in total. The molecule has 0 aliphatic carbocycles. The highest BCUT2D eigenvalue weighted by Crippen LogP contribution is 2.36. The van der Waals surface area contributed by atoms with Crippen molar-refractivity contribution < 1.29 is 5.11 Å². The number of aromatic nitrogens is 1. The molecule has 0 fully saturated rings. The zero-order valence-electron chi connectivity index (χ0n) is 9.48. The Labute approximate surface area is 117 Å². The minimum absolute atomic E-state index is 0.466. The number of aliphatic hydroxyl groups is 1. The topological polar surface area (TPSA) is 33.1 Å². The summed E-state index contributed by atoms with van der Waals surface area (Å²) in [7, 11) is 0. The lowest BCUT2D eigenvalue weighted by Gasteiger charge is -2.10. The summed E-state index contributed by atoms with van der Waals surface area (Å²) in [6, 6.07) is 5.90. The third-order valence-corrected chi connectivity index (χ3v) is 4.84. The maximum Gasteiger partial charge on any atom is 0.154 e. The molecule has 17 heavy (non-hydrogen) atoms. The number of hydrogen-bond donors (Lipinski definition) is 1. The molecule has 2 aromatic rings. The molecule has 0 aliphatic rings. The number of halogens is 1. The Morgan fingerprint density at radius 3 is 2.82 bits per heavy atom. The van der Waals surface area contributed by atoms with Crippen LogP contribution in [0.15, 0.2) is 37.3 Å². The number of aryl methyl sites for hydroxylation is 1. The molecule has 0 saturated heterocycles. The molecule has 90 valence electrons. The largest absolute Gasteiger partial charge is 0.389 e. The second-order valence-corrected chi connectivity index (χ2v) is 6.78. The van der Waals surface area contributed by atoms with Crippen molar-refractivity contribution in [1.29, 1.82) is 0 Å². The predicted octanol–water partition coefficient (Wildman–Crippen LogP) is 4.42. The van der Waals surface area contributed by atoms with Crippen LogP contribution >= 0.6 is 39.0 Å². The number of benzene rings is 1. The number of thiazole rings is 1. The maximum absolute atomic E-state index is 9.73. The first-order valence-corrected chi connectivity index (χ1v) is 7.62. The van der Waals surface area contributed by atoms with Crippen molar-refractivity contribution in [3.63, 3.8) is 0 Å². The molecule has 0 amide bonds. The van der Waals surface area contributed by atoms with Crippen molar-refractivity contribution in [3.8, 4) is 0 Å². The van der Waals surface area contributed by atoms with Gasteiger partial charge in [0.15, 0.2) is 4.34 Å². The molecule has 0 saturated carbocycles. The van der Waals surface area contributed by atoms with Gasteiger partial charge in [-0.25, -0.2) is 4.98 Å². The van der Waals surface area contributed by atoms with Gasteiger partial charge in [0.2, 0.25) is 0 Å². The van der Waals surface area contributed by atoms with Crippen LogP contribution in [0.1, 0.15) is 24.3 Å². The molecule has 5 heteroatoms. The third-order valence-electron chi connectivity index (χ3n) is 2.22. The standard InChI is InChI=1S/C12H12BrNOS2/c1-7-6-16-12(14-7)17-11-5-9(13)3-4-10(11)8(2)15/h3-6,8,15H,1-2H3.